The van der Waals surface area contributed by atoms with Crippen LogP contribution in [-0.4, -0.2) is 29.5 Å². The fourth-order valence-electron chi connectivity index (χ4n) is 4.34. The number of aromatic amines is 1. The fourth-order valence-corrected chi connectivity index (χ4v) is 4.34. The van der Waals surface area contributed by atoms with Crippen LogP contribution in [0.3, 0.4) is 0 Å². The van der Waals surface area contributed by atoms with Gasteiger partial charge < -0.3 is 9.88 Å². The Morgan fingerprint density at radius 1 is 1.10 bits per heavy atom. The van der Waals surface area contributed by atoms with Crippen LogP contribution in [0.25, 0.3) is 10.9 Å². The Balaban J connectivity index is 1.22. The Hall–Kier alpha value is -2.71. The lowest BCUT2D eigenvalue weighted by atomic mass is 9.90. The Kier molecular flexibility index (Phi) is 5.92. The highest BCUT2D eigenvalue weighted by Gasteiger charge is 2.20. The van der Waals surface area contributed by atoms with Crippen LogP contribution in [0.4, 0.5) is 8.78 Å². The van der Waals surface area contributed by atoms with Crippen LogP contribution >= 0.6 is 0 Å². The standard InChI is InChI=1S/C24H25F2N3/c25-21-5-4-19(23(26)14-21)12-18-7-10-29(11-8-18)9-1-2-17-3-6-22-20(15-27)16-28-24(22)13-17/h3-6,13-14,16,18,28H,1-2,7-12H2. The molecule has 1 aromatic heterocycles. The summed E-state index contributed by atoms with van der Waals surface area (Å²) in [7, 11) is 0. The summed E-state index contributed by atoms with van der Waals surface area (Å²) in [5.74, 6) is -0.467. The minimum Gasteiger partial charge on any atom is -0.360 e. The van der Waals surface area contributed by atoms with E-state index in [4.69, 9.17) is 5.26 Å². The molecule has 0 radical (unpaired) electrons. The summed E-state index contributed by atoms with van der Waals surface area (Å²) in [6, 6.07) is 12.4. The van der Waals surface area contributed by atoms with E-state index in [1.54, 1.807) is 12.3 Å². The van der Waals surface area contributed by atoms with E-state index in [2.05, 4.69) is 28.1 Å². The van der Waals surface area contributed by atoms with E-state index in [1.807, 2.05) is 6.07 Å². The molecule has 0 unspecified atom stereocenters. The predicted octanol–water partition coefficient (Wildman–Crippen LogP) is 5.21. The van der Waals surface area contributed by atoms with Gasteiger partial charge in [-0.3, -0.25) is 0 Å². The zero-order chi connectivity index (χ0) is 20.2. The maximum atomic E-state index is 13.9. The highest BCUT2D eigenvalue weighted by molar-refractivity contribution is 5.86. The van der Waals surface area contributed by atoms with Crippen molar-refractivity contribution in [3.05, 3.63) is 70.9 Å². The molecule has 0 aliphatic carbocycles. The minimum absolute atomic E-state index is 0.423. The lowest BCUT2D eigenvalue weighted by Crippen LogP contribution is -2.35. The smallest absolute Gasteiger partial charge is 0.129 e. The van der Waals surface area contributed by atoms with Crippen molar-refractivity contribution in [1.29, 1.82) is 5.26 Å². The first-order valence-corrected chi connectivity index (χ1v) is 10.3. The number of nitrogens with zero attached hydrogens (tertiary/aromatic N) is 2. The molecule has 0 saturated carbocycles. The van der Waals surface area contributed by atoms with E-state index in [-0.39, 0.29) is 0 Å². The molecule has 3 nitrogen and oxygen atoms in total. The zero-order valence-corrected chi connectivity index (χ0v) is 16.4. The number of hydrogen-bond acceptors (Lipinski definition) is 2. The number of fused-ring (bicyclic) bond motifs is 1. The number of rotatable bonds is 6. The molecule has 29 heavy (non-hydrogen) atoms. The lowest BCUT2D eigenvalue weighted by molar-refractivity contribution is 0.182. The first-order chi connectivity index (χ1) is 14.1. The second kappa shape index (κ2) is 8.75. The van der Waals surface area contributed by atoms with Crippen molar-refractivity contribution in [3.8, 4) is 6.07 Å². The number of nitriles is 1. The minimum atomic E-state index is -0.512. The predicted molar refractivity (Wildman–Crippen MR) is 111 cm³/mol. The summed E-state index contributed by atoms with van der Waals surface area (Å²) >= 11 is 0. The summed E-state index contributed by atoms with van der Waals surface area (Å²) in [5, 5.41) is 10.1. The van der Waals surface area contributed by atoms with Crippen molar-refractivity contribution >= 4 is 10.9 Å². The monoisotopic (exact) mass is 393 g/mol. The van der Waals surface area contributed by atoms with Gasteiger partial charge in [-0.25, -0.2) is 8.78 Å². The quantitative estimate of drug-likeness (QED) is 0.625. The molecule has 0 amide bonds. The molecule has 1 saturated heterocycles. The Morgan fingerprint density at radius 2 is 1.93 bits per heavy atom. The number of benzene rings is 2. The molecule has 0 spiro atoms. The maximum absolute atomic E-state index is 13.9. The molecule has 0 bridgehead atoms. The molecule has 1 aliphatic rings. The molecule has 0 atom stereocenters. The molecule has 150 valence electrons. The number of halogens is 2. The van der Waals surface area contributed by atoms with Gasteiger partial charge in [-0.15, -0.1) is 0 Å². The van der Waals surface area contributed by atoms with Crippen molar-refractivity contribution in [2.24, 2.45) is 5.92 Å². The van der Waals surface area contributed by atoms with Crippen molar-refractivity contribution in [3.63, 3.8) is 0 Å². The molecule has 3 aromatic rings. The van der Waals surface area contributed by atoms with Crippen LogP contribution in [-0.2, 0) is 12.8 Å². The lowest BCUT2D eigenvalue weighted by Gasteiger charge is -2.32. The first-order valence-electron chi connectivity index (χ1n) is 10.3. The van der Waals surface area contributed by atoms with Crippen molar-refractivity contribution in [2.75, 3.05) is 19.6 Å². The Labute approximate surface area is 170 Å². The molecule has 5 heteroatoms. The van der Waals surface area contributed by atoms with Crippen LogP contribution in [0.1, 0.15) is 36.0 Å². The van der Waals surface area contributed by atoms with Crippen LogP contribution in [0, 0.1) is 28.9 Å². The largest absolute Gasteiger partial charge is 0.360 e. The third-order valence-electron chi connectivity index (χ3n) is 6.04. The van der Waals surface area contributed by atoms with E-state index in [1.165, 1.54) is 11.6 Å². The number of aromatic nitrogens is 1. The summed E-state index contributed by atoms with van der Waals surface area (Å²) < 4.78 is 26.9. The molecular formula is C24H25F2N3. The molecule has 4 rings (SSSR count). The number of hydrogen-bond donors (Lipinski definition) is 1. The number of likely N-dealkylation sites (tertiary alicyclic amines) is 1. The van der Waals surface area contributed by atoms with Gasteiger partial charge in [0.1, 0.15) is 17.7 Å². The van der Waals surface area contributed by atoms with Crippen molar-refractivity contribution in [1.82, 2.24) is 9.88 Å². The van der Waals surface area contributed by atoms with Gasteiger partial charge in [-0.1, -0.05) is 18.2 Å². The number of piperidine rings is 1. The van der Waals surface area contributed by atoms with Gasteiger partial charge in [0.25, 0.3) is 0 Å². The van der Waals surface area contributed by atoms with Crippen molar-refractivity contribution < 1.29 is 8.78 Å². The van der Waals surface area contributed by atoms with Gasteiger partial charge >= 0.3 is 0 Å². The second-order valence-corrected chi connectivity index (χ2v) is 8.02. The maximum Gasteiger partial charge on any atom is 0.129 e. The molecular weight excluding hydrogens is 368 g/mol. The van der Waals surface area contributed by atoms with Crippen LogP contribution in [0.15, 0.2) is 42.6 Å². The number of aryl methyl sites for hydroxylation is 1. The van der Waals surface area contributed by atoms with Crippen LogP contribution in [0.2, 0.25) is 0 Å². The van der Waals surface area contributed by atoms with Gasteiger partial charge in [0.05, 0.1) is 5.56 Å². The average Bonchev–Trinajstić information content (AvgIpc) is 3.14. The van der Waals surface area contributed by atoms with Crippen molar-refractivity contribution in [2.45, 2.75) is 32.1 Å². The molecule has 1 aliphatic heterocycles. The van der Waals surface area contributed by atoms with Gasteiger partial charge in [-0.05, 0) is 80.9 Å². The third-order valence-corrected chi connectivity index (χ3v) is 6.04. The second-order valence-electron chi connectivity index (χ2n) is 8.02. The van der Waals surface area contributed by atoms with Gasteiger partial charge in [0, 0.05) is 23.2 Å². The van der Waals surface area contributed by atoms with E-state index in [0.717, 1.165) is 62.3 Å². The Bertz CT molecular complexity index is 1030. The highest BCUT2D eigenvalue weighted by Crippen LogP contribution is 2.24. The van der Waals surface area contributed by atoms with E-state index in [9.17, 15) is 8.78 Å². The third kappa shape index (κ3) is 4.65. The summed E-state index contributed by atoms with van der Waals surface area (Å²) in [4.78, 5) is 5.66. The summed E-state index contributed by atoms with van der Waals surface area (Å²) in [6.45, 7) is 3.13. The Morgan fingerprint density at radius 3 is 2.69 bits per heavy atom. The summed E-state index contributed by atoms with van der Waals surface area (Å²) in [5.41, 5.74) is 3.62. The fraction of sp³-hybridized carbons (Fsp3) is 0.375. The number of nitrogens with one attached hydrogen (secondary N) is 1. The van der Waals surface area contributed by atoms with Gasteiger partial charge in [-0.2, -0.15) is 5.26 Å². The molecule has 2 aromatic carbocycles. The summed E-state index contributed by atoms with van der Waals surface area (Å²) in [6.07, 6.45) is 6.67. The first kappa shape index (κ1) is 19.6. The van der Waals surface area contributed by atoms with E-state index in [0.29, 0.717) is 23.5 Å². The van der Waals surface area contributed by atoms with E-state index >= 15 is 0 Å². The van der Waals surface area contributed by atoms with E-state index < -0.39 is 11.6 Å². The van der Waals surface area contributed by atoms with Gasteiger partial charge in [0.2, 0.25) is 0 Å². The molecule has 2 heterocycles. The highest BCUT2D eigenvalue weighted by atomic mass is 19.1. The zero-order valence-electron chi connectivity index (χ0n) is 16.4. The molecule has 1 fully saturated rings. The van der Waals surface area contributed by atoms with Gasteiger partial charge in [0.15, 0.2) is 0 Å². The van der Waals surface area contributed by atoms with Crippen LogP contribution in [0.5, 0.6) is 0 Å². The normalized spacial score (nSPS) is 15.6. The molecule has 1 N–H and O–H groups in total. The SMILES string of the molecule is N#Cc1c[nH]c2cc(CCCN3CCC(Cc4ccc(F)cc4F)CC3)ccc12. The average molecular weight is 393 g/mol. The van der Waals surface area contributed by atoms with Crippen LogP contribution < -0.4 is 0 Å². The topological polar surface area (TPSA) is 42.8 Å². The number of H-pyrrole nitrogens is 1.